The zero-order chi connectivity index (χ0) is 52.1. The molecule has 0 spiro atoms. The molecular formula is C46H65Cs2FN6O16. The first kappa shape index (κ1) is 68.1. The second-order valence-corrected chi connectivity index (χ2v) is 18.5. The number of likely N-dealkylation sites (tertiary alicyclic amines) is 3. The molecule has 6 rings (SSSR count). The number of nitro groups is 2. The average Bonchev–Trinajstić information content (AvgIpc) is 4.03. The molecule has 3 aliphatic rings. The molecule has 3 aromatic rings. The predicted molar refractivity (Wildman–Crippen MR) is 247 cm³/mol. The molecule has 3 amide bonds. The third kappa shape index (κ3) is 29.5. The van der Waals surface area contributed by atoms with E-state index < -0.39 is 32.5 Å². The van der Waals surface area contributed by atoms with Crippen molar-refractivity contribution in [2.45, 2.75) is 117 Å². The number of nitrogens with two attached hydrogens (primary N) is 1. The minimum absolute atomic E-state index is 0. The van der Waals surface area contributed by atoms with Gasteiger partial charge in [0.25, 0.3) is 17.8 Å². The van der Waals surface area contributed by atoms with Crippen LogP contribution in [0.1, 0.15) is 83.0 Å². The van der Waals surface area contributed by atoms with Gasteiger partial charge < -0.3 is 60.8 Å². The maximum absolute atomic E-state index is 12.1. The third-order valence-electron chi connectivity index (χ3n) is 9.02. The van der Waals surface area contributed by atoms with Gasteiger partial charge in [0.15, 0.2) is 0 Å². The first-order valence-electron chi connectivity index (χ1n) is 21.7. The molecule has 0 saturated carbocycles. The Morgan fingerprint density at radius 2 is 0.944 bits per heavy atom. The number of amides is 3. The predicted octanol–water partition coefficient (Wildman–Crippen LogP) is 0.917. The van der Waals surface area contributed by atoms with Crippen molar-refractivity contribution in [2.24, 2.45) is 0 Å². The number of anilines is 1. The van der Waals surface area contributed by atoms with Crippen LogP contribution in [0.15, 0.2) is 72.8 Å². The van der Waals surface area contributed by atoms with E-state index in [2.05, 4.69) is 4.89 Å². The second-order valence-electron chi connectivity index (χ2n) is 18.5. The van der Waals surface area contributed by atoms with Crippen molar-refractivity contribution in [1.82, 2.24) is 14.7 Å². The summed E-state index contributed by atoms with van der Waals surface area (Å²) in [6.07, 6.45) is 0.707. The van der Waals surface area contributed by atoms with Gasteiger partial charge in [-0.25, -0.2) is 18.8 Å². The van der Waals surface area contributed by atoms with Gasteiger partial charge in [-0.2, -0.15) is 0 Å². The van der Waals surface area contributed by atoms with Crippen molar-refractivity contribution >= 4 is 41.8 Å². The van der Waals surface area contributed by atoms with Crippen molar-refractivity contribution in [2.75, 3.05) is 45.0 Å². The summed E-state index contributed by atoms with van der Waals surface area (Å²) in [6.45, 7) is 19.6. The fourth-order valence-corrected chi connectivity index (χ4v) is 6.01. The van der Waals surface area contributed by atoms with Crippen molar-refractivity contribution in [3.05, 3.63) is 98.8 Å². The number of hydrogen-bond donors (Lipinski definition) is 2. The van der Waals surface area contributed by atoms with E-state index in [0.717, 1.165) is 36.4 Å². The Kier molecular flexibility index (Phi) is 31.7. The molecule has 384 valence electrons. The topological polar surface area (TPSA) is 289 Å². The Morgan fingerprint density at radius 1 is 0.634 bits per heavy atom. The minimum atomic E-state index is -0.570. The molecule has 0 radical (unpaired) electrons. The van der Waals surface area contributed by atoms with Gasteiger partial charge >= 0.3 is 156 Å². The zero-order valence-electron chi connectivity index (χ0n) is 43.4. The number of aliphatic hydroxyl groups excluding tert-OH is 1. The number of β-amino-alcohol motifs (C(OH)–C–C–N with tert-alkyl or cyclic N) is 1. The van der Waals surface area contributed by atoms with Crippen LogP contribution in [0.2, 0.25) is 0 Å². The molecule has 3 fully saturated rings. The van der Waals surface area contributed by atoms with E-state index in [1.54, 1.807) is 34.1 Å². The molecule has 0 aliphatic carbocycles. The summed E-state index contributed by atoms with van der Waals surface area (Å²) in [5, 5.41) is 38.2. The molecule has 22 nitrogen and oxygen atoms in total. The number of non-ortho nitro benzene ring substituents is 2. The Bertz CT molecular complexity index is 2110. The number of rotatable bonds is 7. The summed E-state index contributed by atoms with van der Waals surface area (Å²) in [5.74, 6) is 0.863. The van der Waals surface area contributed by atoms with Gasteiger partial charge in [-0.1, -0.05) is 0 Å². The Labute approximate surface area is 532 Å². The summed E-state index contributed by atoms with van der Waals surface area (Å²) in [5.41, 5.74) is 4.83. The largest absolute Gasteiger partial charge is 1.00 e. The van der Waals surface area contributed by atoms with Crippen LogP contribution in [0.25, 0.3) is 0 Å². The number of ether oxygens (including phenoxy) is 5. The van der Waals surface area contributed by atoms with Crippen molar-refractivity contribution < 1.29 is 212 Å². The van der Waals surface area contributed by atoms with Crippen LogP contribution in [0.4, 0.5) is 35.8 Å². The van der Waals surface area contributed by atoms with Crippen molar-refractivity contribution in [1.29, 1.82) is 0 Å². The van der Waals surface area contributed by atoms with Crippen LogP contribution >= 0.6 is 0 Å². The number of halogens is 1. The average molecular weight is 1240 g/mol. The molecule has 3 saturated heterocycles. The van der Waals surface area contributed by atoms with E-state index in [-0.39, 0.29) is 194 Å². The van der Waals surface area contributed by atoms with Gasteiger partial charge in [0.2, 0.25) is 0 Å². The quantitative estimate of drug-likeness (QED) is 0.0830. The van der Waals surface area contributed by atoms with Crippen molar-refractivity contribution in [3.8, 4) is 11.5 Å². The molecule has 3 aromatic carbocycles. The van der Waals surface area contributed by atoms with Gasteiger partial charge in [-0.05, 0) is 117 Å². The molecule has 3 unspecified atom stereocenters. The number of nitrogen functional groups attached to an aromatic ring is 1. The number of aliphatic hydroxyl groups is 1. The molecule has 0 aromatic heterocycles. The normalized spacial score (nSPS) is 16.8. The Hall–Kier alpha value is -2.91. The van der Waals surface area contributed by atoms with E-state index in [9.17, 15) is 44.1 Å². The monoisotopic (exact) mass is 1240 g/mol. The molecule has 3 heterocycles. The number of nitrogens with zero attached hydrogens (tertiary/aromatic N) is 5. The van der Waals surface area contributed by atoms with Gasteiger partial charge in [-0.3, -0.25) is 25.0 Å². The van der Waals surface area contributed by atoms with Crippen LogP contribution in [0.5, 0.6) is 11.5 Å². The van der Waals surface area contributed by atoms with E-state index >= 15 is 0 Å². The smallest absolute Gasteiger partial charge is 1.00 e. The van der Waals surface area contributed by atoms with Crippen LogP contribution < -0.4 is 158 Å². The zero-order valence-corrected chi connectivity index (χ0v) is 54.9. The van der Waals surface area contributed by atoms with Crippen molar-refractivity contribution in [3.63, 3.8) is 0 Å². The second kappa shape index (κ2) is 33.1. The fourth-order valence-electron chi connectivity index (χ4n) is 6.01. The maximum atomic E-state index is 12.1. The van der Waals surface area contributed by atoms with Crippen LogP contribution in [0, 0.1) is 26.0 Å². The van der Waals surface area contributed by atoms with Crippen LogP contribution in [-0.4, -0.2) is 129 Å². The van der Waals surface area contributed by atoms with E-state index in [1.807, 2.05) is 74.4 Å². The molecule has 3 atom stereocenters. The van der Waals surface area contributed by atoms with E-state index in [4.69, 9.17) is 39.5 Å². The number of benzene rings is 3. The first-order valence-corrected chi connectivity index (χ1v) is 21.7. The third-order valence-corrected chi connectivity index (χ3v) is 9.02. The van der Waals surface area contributed by atoms with Crippen LogP contribution in [0.3, 0.4) is 0 Å². The molecule has 0 bridgehead atoms. The number of nitro benzene ring substituents is 2. The minimum Gasteiger partial charge on any atom is -1.00 e. The molecular weight excluding hydrogens is 1180 g/mol. The van der Waals surface area contributed by atoms with Crippen LogP contribution in [-0.2, 0) is 23.9 Å². The first-order chi connectivity index (χ1) is 32.1. The van der Waals surface area contributed by atoms with E-state index in [1.165, 1.54) is 17.0 Å². The molecule has 25 heteroatoms. The van der Waals surface area contributed by atoms with Gasteiger partial charge in [-0.15, -0.1) is 0 Å². The van der Waals surface area contributed by atoms with Gasteiger partial charge in [0, 0.05) is 69.0 Å². The summed E-state index contributed by atoms with van der Waals surface area (Å²) < 4.78 is 39.5. The number of hydrogen-bond acceptors (Lipinski definition) is 17. The van der Waals surface area contributed by atoms with E-state index in [0.29, 0.717) is 63.5 Å². The molecule has 3 aliphatic heterocycles. The molecule has 71 heavy (non-hydrogen) atoms. The Balaban J connectivity index is 0. The summed E-state index contributed by atoms with van der Waals surface area (Å²) in [4.78, 5) is 70.9. The standard InChI is InChI=1S/C15H20N2O5.C15H22N2O3.C9H17NO3.C6H4FNO2.CH2O3.2Cs.H/c1-15(2,3)22-14(18)16-9-8-13(10-16)21-12-6-4-11(5-7-12)17(19)20;1-15(2,3)20-14(18)17-9-8-13(10-17)19-12-6-4-11(16)5-7-12;1-9(2,3)13-8(12)10-5-4-7(11)6-10;7-5-1-3-6(4-2-5)8(9)10;2-1-4-3;;;/h4-7,13H,8-10H2,1-3H3;4-7,13H,8-10,16H2,1-3H3;7,11H,4-6H2,1-3H3;1-4H;1,3H;;;/q;;;;;2*+1;-1/p-1. The summed E-state index contributed by atoms with van der Waals surface area (Å²) in [6, 6.07) is 17.6. The van der Waals surface area contributed by atoms with Gasteiger partial charge in [0.05, 0.1) is 29.0 Å². The maximum Gasteiger partial charge on any atom is 1.00 e. The summed E-state index contributed by atoms with van der Waals surface area (Å²) >= 11 is 0. The number of carbonyl (C=O) groups excluding carboxylic acids is 4. The fraction of sp³-hybridized carbons (Fsp3) is 0.522. The SMILES string of the molecule is CC(C)(C)OC(=O)N1CCC(O)C1.CC(C)(C)OC(=O)N1CCC(Oc2ccc(N)cc2)C1.CC(C)(C)OC(=O)N1CCC(Oc2ccc([N+](=O)[O-])cc2)C1.O=CO[O-].O=[N+]([O-])c1ccc(F)cc1.[Cs+].[Cs+].[H-]. The number of carbonyl (C=O) groups is 4. The Morgan fingerprint density at radius 3 is 1.24 bits per heavy atom. The molecule has 3 N–H and O–H groups in total. The van der Waals surface area contributed by atoms with Gasteiger partial charge in [0.1, 0.15) is 46.3 Å². The summed E-state index contributed by atoms with van der Waals surface area (Å²) in [7, 11) is 0.